The van der Waals surface area contributed by atoms with Gasteiger partial charge in [0.1, 0.15) is 5.75 Å². The lowest BCUT2D eigenvalue weighted by molar-refractivity contribution is 0.242. The number of sulfonamides is 1. The second kappa shape index (κ2) is 6.28. The van der Waals surface area contributed by atoms with Gasteiger partial charge in [0, 0.05) is 12.4 Å². The molecular formula is C13H14ClN3O3S. The molecule has 0 bridgehead atoms. The molecule has 0 saturated carbocycles. The molecule has 21 heavy (non-hydrogen) atoms. The maximum absolute atomic E-state index is 12.2. The molecule has 0 atom stereocenters. The largest absolute Gasteiger partial charge is 0.489 e. The summed E-state index contributed by atoms with van der Waals surface area (Å²) in [6.07, 6.45) is 2.83. The van der Waals surface area contributed by atoms with Gasteiger partial charge in [-0.05, 0) is 38.1 Å². The number of halogens is 1. The van der Waals surface area contributed by atoms with Gasteiger partial charge in [-0.3, -0.25) is 0 Å². The van der Waals surface area contributed by atoms with Crippen molar-refractivity contribution in [2.45, 2.75) is 24.8 Å². The van der Waals surface area contributed by atoms with Gasteiger partial charge in [-0.15, -0.1) is 0 Å². The van der Waals surface area contributed by atoms with E-state index in [-0.39, 0.29) is 22.0 Å². The minimum absolute atomic E-state index is 0.00358. The van der Waals surface area contributed by atoms with Crippen LogP contribution in [0.5, 0.6) is 5.75 Å². The minimum atomic E-state index is -3.80. The molecule has 6 nitrogen and oxygen atoms in total. The molecule has 0 radical (unpaired) electrons. The van der Waals surface area contributed by atoms with Crippen molar-refractivity contribution in [3.05, 3.63) is 41.7 Å². The summed E-state index contributed by atoms with van der Waals surface area (Å²) in [7, 11) is -3.80. The zero-order valence-electron chi connectivity index (χ0n) is 11.4. The van der Waals surface area contributed by atoms with Crippen LogP contribution in [0.15, 0.2) is 41.6 Å². The Balaban J connectivity index is 2.27. The lowest BCUT2D eigenvalue weighted by Crippen LogP contribution is -2.15. The molecule has 1 aromatic heterocycles. The van der Waals surface area contributed by atoms with Crippen LogP contribution in [-0.4, -0.2) is 24.5 Å². The molecule has 2 rings (SSSR count). The Bertz CT molecular complexity index is 721. The molecule has 0 spiro atoms. The second-order valence-electron chi connectivity index (χ2n) is 4.44. The molecule has 0 saturated heterocycles. The third-order valence-electron chi connectivity index (χ3n) is 2.37. The van der Waals surface area contributed by atoms with E-state index in [1.54, 1.807) is 6.07 Å². The van der Waals surface area contributed by atoms with Gasteiger partial charge in [-0.1, -0.05) is 11.6 Å². The van der Waals surface area contributed by atoms with Crippen molar-refractivity contribution < 1.29 is 13.2 Å². The van der Waals surface area contributed by atoms with Crippen molar-refractivity contribution in [2.75, 3.05) is 4.72 Å². The van der Waals surface area contributed by atoms with Gasteiger partial charge in [-0.2, -0.15) is 0 Å². The number of hydrogen-bond acceptors (Lipinski definition) is 5. The predicted octanol–water partition coefficient (Wildman–Crippen LogP) is 2.72. The van der Waals surface area contributed by atoms with Crippen molar-refractivity contribution in [2.24, 2.45) is 0 Å². The van der Waals surface area contributed by atoms with Crippen molar-refractivity contribution in [3.8, 4) is 5.75 Å². The predicted molar refractivity (Wildman–Crippen MR) is 80.1 cm³/mol. The van der Waals surface area contributed by atoms with Crippen molar-refractivity contribution in [1.82, 2.24) is 9.97 Å². The molecule has 0 aliphatic heterocycles. The molecule has 1 N–H and O–H groups in total. The number of aromatic nitrogens is 2. The second-order valence-corrected chi connectivity index (χ2v) is 6.53. The Kier molecular flexibility index (Phi) is 4.64. The van der Waals surface area contributed by atoms with Crippen LogP contribution in [0, 0.1) is 0 Å². The average Bonchev–Trinajstić information content (AvgIpc) is 2.41. The van der Waals surface area contributed by atoms with Gasteiger partial charge in [0.25, 0.3) is 10.0 Å². The number of hydrogen-bond donors (Lipinski definition) is 1. The van der Waals surface area contributed by atoms with E-state index in [1.165, 1.54) is 30.6 Å². The zero-order chi connectivity index (χ0) is 15.5. The fourth-order valence-electron chi connectivity index (χ4n) is 1.53. The summed E-state index contributed by atoms with van der Waals surface area (Å²) in [6.45, 7) is 3.71. The third kappa shape index (κ3) is 4.05. The van der Waals surface area contributed by atoms with Crippen LogP contribution in [-0.2, 0) is 10.0 Å². The van der Waals surface area contributed by atoms with Gasteiger partial charge in [0.2, 0.25) is 5.95 Å². The zero-order valence-corrected chi connectivity index (χ0v) is 13.0. The van der Waals surface area contributed by atoms with Gasteiger partial charge in [-0.25, -0.2) is 23.1 Å². The number of rotatable bonds is 5. The maximum Gasteiger partial charge on any atom is 0.264 e. The Hall–Kier alpha value is -1.86. The first-order valence-corrected chi connectivity index (χ1v) is 8.00. The van der Waals surface area contributed by atoms with Crippen LogP contribution >= 0.6 is 11.6 Å². The summed E-state index contributed by atoms with van der Waals surface area (Å²) in [4.78, 5) is 7.63. The van der Waals surface area contributed by atoms with Crippen molar-refractivity contribution in [1.29, 1.82) is 0 Å². The molecular weight excluding hydrogens is 314 g/mol. The molecule has 0 aliphatic rings. The number of nitrogens with zero attached hydrogens (tertiary/aromatic N) is 2. The molecule has 112 valence electrons. The molecule has 1 heterocycles. The highest BCUT2D eigenvalue weighted by Crippen LogP contribution is 2.28. The van der Waals surface area contributed by atoms with Gasteiger partial charge >= 0.3 is 0 Å². The van der Waals surface area contributed by atoms with E-state index in [4.69, 9.17) is 16.3 Å². The average molecular weight is 328 g/mol. The SMILES string of the molecule is CC(C)Oc1ccc(S(=O)(=O)Nc2ncccn2)cc1Cl. The fraction of sp³-hybridized carbons (Fsp3) is 0.231. The van der Waals surface area contributed by atoms with Gasteiger partial charge in [0.05, 0.1) is 16.0 Å². The quantitative estimate of drug-likeness (QED) is 0.913. The van der Waals surface area contributed by atoms with Crippen LogP contribution in [0.25, 0.3) is 0 Å². The fourth-order valence-corrected chi connectivity index (χ4v) is 2.80. The van der Waals surface area contributed by atoms with Crippen LogP contribution in [0.2, 0.25) is 5.02 Å². The maximum atomic E-state index is 12.2. The van der Waals surface area contributed by atoms with E-state index in [9.17, 15) is 8.42 Å². The molecule has 0 aliphatic carbocycles. The van der Waals surface area contributed by atoms with E-state index in [1.807, 2.05) is 13.8 Å². The molecule has 2 aromatic rings. The lowest BCUT2D eigenvalue weighted by atomic mass is 10.3. The Morgan fingerprint density at radius 2 is 1.90 bits per heavy atom. The van der Waals surface area contributed by atoms with Gasteiger partial charge in [0.15, 0.2) is 0 Å². The first-order valence-electron chi connectivity index (χ1n) is 6.14. The Morgan fingerprint density at radius 3 is 2.48 bits per heavy atom. The van der Waals surface area contributed by atoms with Crippen molar-refractivity contribution in [3.63, 3.8) is 0 Å². The summed E-state index contributed by atoms with van der Waals surface area (Å²) < 4.78 is 32.1. The van der Waals surface area contributed by atoms with E-state index < -0.39 is 10.0 Å². The highest BCUT2D eigenvalue weighted by atomic mass is 35.5. The molecule has 8 heteroatoms. The molecule has 0 unspecified atom stereocenters. The summed E-state index contributed by atoms with van der Waals surface area (Å²) in [5.41, 5.74) is 0. The molecule has 0 fully saturated rings. The highest BCUT2D eigenvalue weighted by Gasteiger charge is 2.17. The first kappa shape index (κ1) is 15.5. The number of ether oxygens (including phenoxy) is 1. The number of benzene rings is 1. The van der Waals surface area contributed by atoms with Crippen LogP contribution in [0.3, 0.4) is 0 Å². The van der Waals surface area contributed by atoms with E-state index in [0.29, 0.717) is 5.75 Å². The number of anilines is 1. The number of nitrogens with one attached hydrogen (secondary N) is 1. The third-order valence-corrected chi connectivity index (χ3v) is 3.99. The first-order chi connectivity index (χ1) is 9.88. The van der Waals surface area contributed by atoms with Crippen LogP contribution in [0.1, 0.15) is 13.8 Å². The van der Waals surface area contributed by atoms with Crippen LogP contribution < -0.4 is 9.46 Å². The van der Waals surface area contributed by atoms with Crippen LogP contribution in [0.4, 0.5) is 5.95 Å². The topological polar surface area (TPSA) is 81.2 Å². The normalized spacial score (nSPS) is 11.4. The van der Waals surface area contributed by atoms with Crippen molar-refractivity contribution >= 4 is 27.6 Å². The monoisotopic (exact) mass is 327 g/mol. The molecule has 0 amide bonds. The Labute approximate surface area is 128 Å². The smallest absolute Gasteiger partial charge is 0.264 e. The standard InChI is InChI=1S/C13H14ClN3O3S/c1-9(2)20-12-5-4-10(8-11(12)14)21(18,19)17-13-15-6-3-7-16-13/h3-9H,1-2H3,(H,15,16,17). The Morgan fingerprint density at radius 1 is 1.24 bits per heavy atom. The summed E-state index contributed by atoms with van der Waals surface area (Å²) in [6, 6.07) is 5.84. The molecule has 1 aromatic carbocycles. The minimum Gasteiger partial charge on any atom is -0.489 e. The van der Waals surface area contributed by atoms with E-state index >= 15 is 0 Å². The van der Waals surface area contributed by atoms with Gasteiger partial charge < -0.3 is 4.74 Å². The van der Waals surface area contributed by atoms with E-state index in [2.05, 4.69) is 14.7 Å². The summed E-state index contributed by atoms with van der Waals surface area (Å²) in [5.74, 6) is 0.428. The lowest BCUT2D eigenvalue weighted by Gasteiger charge is -2.12. The summed E-state index contributed by atoms with van der Waals surface area (Å²) in [5, 5.41) is 0.223. The van der Waals surface area contributed by atoms with E-state index in [0.717, 1.165) is 0 Å². The summed E-state index contributed by atoms with van der Waals surface area (Å²) >= 11 is 6.03. The highest BCUT2D eigenvalue weighted by molar-refractivity contribution is 7.92.